The summed E-state index contributed by atoms with van der Waals surface area (Å²) in [6.45, 7) is 1.95. The normalized spacial score (nSPS) is 11.3. The van der Waals surface area contributed by atoms with E-state index >= 15 is 0 Å². The van der Waals surface area contributed by atoms with E-state index in [1.165, 1.54) is 42.3 Å². The fourth-order valence-corrected chi connectivity index (χ4v) is 2.97. The molecule has 0 amide bonds. The molecule has 0 saturated carbocycles. The summed E-state index contributed by atoms with van der Waals surface area (Å²) in [5.74, 6) is 1.30. The van der Waals surface area contributed by atoms with E-state index in [1.807, 2.05) is 23.5 Å². The minimum Gasteiger partial charge on any atom is -0.311 e. The molecule has 2 aromatic rings. The van der Waals surface area contributed by atoms with Crippen molar-refractivity contribution in [3.63, 3.8) is 0 Å². The van der Waals surface area contributed by atoms with Gasteiger partial charge in [-0.05, 0) is 37.5 Å². The van der Waals surface area contributed by atoms with Crippen molar-refractivity contribution >= 4 is 22.7 Å². The predicted molar refractivity (Wildman–Crippen MR) is 89.3 cm³/mol. The summed E-state index contributed by atoms with van der Waals surface area (Å²) in [5.41, 5.74) is 2.37. The second-order valence-corrected chi connectivity index (χ2v) is 6.16. The molecule has 0 aliphatic rings. The lowest BCUT2D eigenvalue weighted by Gasteiger charge is -2.03. The highest BCUT2D eigenvalue weighted by molar-refractivity contribution is 7.98. The molecule has 1 aromatic carbocycles. The summed E-state index contributed by atoms with van der Waals surface area (Å²) in [5, 5.41) is 9.38. The zero-order chi connectivity index (χ0) is 14.2. The van der Waals surface area contributed by atoms with Gasteiger partial charge in [0.1, 0.15) is 0 Å². The van der Waals surface area contributed by atoms with Crippen molar-refractivity contribution < 1.29 is 0 Å². The van der Waals surface area contributed by atoms with Gasteiger partial charge in [0.05, 0.1) is 11.2 Å². The van der Waals surface area contributed by atoms with Gasteiger partial charge in [-0.15, -0.1) is 0 Å². The first-order valence-electron chi connectivity index (χ1n) is 7.43. The molecule has 0 aliphatic carbocycles. The zero-order valence-electron chi connectivity index (χ0n) is 12.6. The molecule has 0 fully saturated rings. The Kier molecular flexibility index (Phi) is 6.40. The van der Waals surface area contributed by atoms with Crippen LogP contribution in [-0.4, -0.2) is 28.3 Å². The zero-order valence-corrected chi connectivity index (χ0v) is 13.4. The SMILES string of the molecule is CSCCCCCCNCc1nn(C)c2ccccc12. The van der Waals surface area contributed by atoms with Gasteiger partial charge in [0, 0.05) is 19.0 Å². The first-order valence-corrected chi connectivity index (χ1v) is 8.82. The Balaban J connectivity index is 1.71. The lowest BCUT2D eigenvalue weighted by atomic mass is 10.2. The van der Waals surface area contributed by atoms with E-state index in [4.69, 9.17) is 0 Å². The van der Waals surface area contributed by atoms with Crippen LogP contribution in [0.1, 0.15) is 31.4 Å². The Morgan fingerprint density at radius 1 is 1.15 bits per heavy atom. The molecule has 1 aromatic heterocycles. The summed E-state index contributed by atoms with van der Waals surface area (Å²) < 4.78 is 1.97. The summed E-state index contributed by atoms with van der Waals surface area (Å²) in [6, 6.07) is 8.43. The third-order valence-corrected chi connectivity index (χ3v) is 4.28. The summed E-state index contributed by atoms with van der Waals surface area (Å²) in [6.07, 6.45) is 7.48. The van der Waals surface area contributed by atoms with Crippen molar-refractivity contribution in [3.8, 4) is 0 Å². The van der Waals surface area contributed by atoms with Crippen molar-refractivity contribution in [3.05, 3.63) is 30.0 Å². The highest BCUT2D eigenvalue weighted by Crippen LogP contribution is 2.17. The van der Waals surface area contributed by atoms with Gasteiger partial charge in [0.25, 0.3) is 0 Å². The van der Waals surface area contributed by atoms with E-state index in [9.17, 15) is 0 Å². The van der Waals surface area contributed by atoms with Crippen molar-refractivity contribution in [1.29, 1.82) is 0 Å². The molecule has 0 spiro atoms. The summed E-state index contributed by atoms with van der Waals surface area (Å²) >= 11 is 1.94. The molecule has 0 saturated heterocycles. The Morgan fingerprint density at radius 2 is 1.95 bits per heavy atom. The standard InChI is InChI=1S/C16H25N3S/c1-19-16-10-6-5-9-14(16)15(18-19)13-17-11-7-3-4-8-12-20-2/h5-6,9-10,17H,3-4,7-8,11-13H2,1-2H3. The molecule has 0 unspecified atom stereocenters. The number of nitrogens with one attached hydrogen (secondary N) is 1. The lowest BCUT2D eigenvalue weighted by molar-refractivity contribution is 0.591. The van der Waals surface area contributed by atoms with Crippen molar-refractivity contribution in [2.24, 2.45) is 7.05 Å². The van der Waals surface area contributed by atoms with Crippen molar-refractivity contribution in [1.82, 2.24) is 15.1 Å². The topological polar surface area (TPSA) is 29.9 Å². The number of hydrogen-bond acceptors (Lipinski definition) is 3. The number of aryl methyl sites for hydroxylation is 1. The van der Waals surface area contributed by atoms with Crippen LogP contribution in [-0.2, 0) is 13.6 Å². The quantitative estimate of drug-likeness (QED) is 0.716. The number of benzene rings is 1. The minimum absolute atomic E-state index is 0.867. The van der Waals surface area contributed by atoms with E-state index in [1.54, 1.807) is 0 Å². The van der Waals surface area contributed by atoms with Crippen LogP contribution < -0.4 is 5.32 Å². The molecule has 1 N–H and O–H groups in total. The van der Waals surface area contributed by atoms with Gasteiger partial charge in [0.2, 0.25) is 0 Å². The van der Waals surface area contributed by atoms with E-state index in [0.29, 0.717) is 0 Å². The Labute approximate surface area is 126 Å². The average molecular weight is 291 g/mol. The maximum atomic E-state index is 4.60. The van der Waals surface area contributed by atoms with Crippen molar-refractivity contribution in [2.75, 3.05) is 18.6 Å². The molecule has 4 heteroatoms. The van der Waals surface area contributed by atoms with E-state index in [2.05, 4.69) is 40.9 Å². The molecule has 110 valence electrons. The maximum absolute atomic E-state index is 4.60. The van der Waals surface area contributed by atoms with Crippen LogP contribution in [0.25, 0.3) is 10.9 Å². The first kappa shape index (κ1) is 15.4. The number of nitrogens with zero attached hydrogens (tertiary/aromatic N) is 2. The van der Waals surface area contributed by atoms with Gasteiger partial charge < -0.3 is 5.32 Å². The second kappa shape index (κ2) is 8.32. The lowest BCUT2D eigenvalue weighted by Crippen LogP contribution is -2.15. The fourth-order valence-electron chi connectivity index (χ4n) is 2.48. The monoisotopic (exact) mass is 291 g/mol. The van der Waals surface area contributed by atoms with Gasteiger partial charge in [-0.2, -0.15) is 16.9 Å². The van der Waals surface area contributed by atoms with Gasteiger partial charge in [-0.25, -0.2) is 0 Å². The van der Waals surface area contributed by atoms with Crippen LogP contribution in [0, 0.1) is 0 Å². The van der Waals surface area contributed by atoms with E-state index < -0.39 is 0 Å². The number of rotatable bonds is 9. The molecule has 3 nitrogen and oxygen atoms in total. The molecule has 1 heterocycles. The van der Waals surface area contributed by atoms with E-state index in [-0.39, 0.29) is 0 Å². The molecule has 0 radical (unpaired) electrons. The van der Waals surface area contributed by atoms with Crippen LogP contribution >= 0.6 is 11.8 Å². The maximum Gasteiger partial charge on any atom is 0.0841 e. The number of para-hydroxylation sites is 1. The first-order chi connectivity index (χ1) is 9.83. The Hall–Kier alpha value is -1.00. The number of fused-ring (bicyclic) bond motifs is 1. The van der Waals surface area contributed by atoms with Crippen LogP contribution in [0.3, 0.4) is 0 Å². The summed E-state index contributed by atoms with van der Waals surface area (Å²) in [7, 11) is 2.01. The molecule has 2 rings (SSSR count). The largest absolute Gasteiger partial charge is 0.311 e. The second-order valence-electron chi connectivity index (χ2n) is 5.17. The van der Waals surface area contributed by atoms with Gasteiger partial charge in [-0.3, -0.25) is 4.68 Å². The highest BCUT2D eigenvalue weighted by atomic mass is 32.2. The average Bonchev–Trinajstić information content (AvgIpc) is 2.79. The third-order valence-electron chi connectivity index (χ3n) is 3.58. The fraction of sp³-hybridized carbons (Fsp3) is 0.562. The molecular weight excluding hydrogens is 266 g/mol. The van der Waals surface area contributed by atoms with Gasteiger partial charge in [-0.1, -0.05) is 31.0 Å². The number of hydrogen-bond donors (Lipinski definition) is 1. The van der Waals surface area contributed by atoms with E-state index in [0.717, 1.165) is 18.8 Å². The molecule has 20 heavy (non-hydrogen) atoms. The van der Waals surface area contributed by atoms with Crippen LogP contribution in [0.5, 0.6) is 0 Å². The van der Waals surface area contributed by atoms with Crippen LogP contribution in [0.4, 0.5) is 0 Å². The summed E-state index contributed by atoms with van der Waals surface area (Å²) in [4.78, 5) is 0. The number of unbranched alkanes of at least 4 members (excludes halogenated alkanes) is 3. The Bertz CT molecular complexity index is 521. The molecule has 0 bridgehead atoms. The molecule has 0 atom stereocenters. The minimum atomic E-state index is 0.867. The molecule has 0 aliphatic heterocycles. The third kappa shape index (κ3) is 4.25. The Morgan fingerprint density at radius 3 is 2.80 bits per heavy atom. The highest BCUT2D eigenvalue weighted by Gasteiger charge is 2.06. The smallest absolute Gasteiger partial charge is 0.0841 e. The molecular formula is C16H25N3S. The predicted octanol–water partition coefficient (Wildman–Crippen LogP) is 3.59. The van der Waals surface area contributed by atoms with Crippen LogP contribution in [0.2, 0.25) is 0 Å². The number of aromatic nitrogens is 2. The van der Waals surface area contributed by atoms with Gasteiger partial charge in [0.15, 0.2) is 0 Å². The van der Waals surface area contributed by atoms with Crippen LogP contribution in [0.15, 0.2) is 24.3 Å². The van der Waals surface area contributed by atoms with Crippen molar-refractivity contribution in [2.45, 2.75) is 32.2 Å². The number of thioether (sulfide) groups is 1. The van der Waals surface area contributed by atoms with Gasteiger partial charge >= 0.3 is 0 Å².